The van der Waals surface area contributed by atoms with Gasteiger partial charge in [-0.05, 0) is 37.0 Å². The van der Waals surface area contributed by atoms with E-state index in [0.717, 1.165) is 24.8 Å². The van der Waals surface area contributed by atoms with Gasteiger partial charge in [0.15, 0.2) is 0 Å². The molecule has 0 fully saturated rings. The van der Waals surface area contributed by atoms with Crippen molar-refractivity contribution in [3.8, 4) is 0 Å². The van der Waals surface area contributed by atoms with Gasteiger partial charge in [-0.1, -0.05) is 0 Å². The van der Waals surface area contributed by atoms with Gasteiger partial charge in [-0.25, -0.2) is 0 Å². The molecular formula is C15H20N4O. The zero-order chi connectivity index (χ0) is 13.9. The summed E-state index contributed by atoms with van der Waals surface area (Å²) >= 11 is 0. The van der Waals surface area contributed by atoms with Crippen LogP contribution in [0.5, 0.6) is 0 Å². The fourth-order valence-electron chi connectivity index (χ4n) is 2.88. The van der Waals surface area contributed by atoms with E-state index in [1.54, 1.807) is 12.4 Å². The smallest absolute Gasteiger partial charge is 0.0915 e. The van der Waals surface area contributed by atoms with Crippen LogP contribution in [0.3, 0.4) is 0 Å². The normalized spacial score (nSPS) is 19.6. The Labute approximate surface area is 118 Å². The Morgan fingerprint density at radius 3 is 3.05 bits per heavy atom. The number of pyridine rings is 1. The zero-order valence-corrected chi connectivity index (χ0v) is 11.7. The molecule has 0 saturated carbocycles. The standard InChI is InChI=1S/C15H20N4O/c1-19-14-4-2-3-13(12(14)9-18-19)17-10-15(20)11-5-7-16-8-6-11/h5-9,13,15,17,20H,2-4,10H2,1H3. The summed E-state index contributed by atoms with van der Waals surface area (Å²) in [5.74, 6) is 0. The quantitative estimate of drug-likeness (QED) is 0.885. The minimum atomic E-state index is -0.500. The van der Waals surface area contributed by atoms with Crippen molar-refractivity contribution in [2.75, 3.05) is 6.54 Å². The molecule has 20 heavy (non-hydrogen) atoms. The maximum atomic E-state index is 10.2. The third kappa shape index (κ3) is 2.59. The molecule has 0 saturated heterocycles. The fraction of sp³-hybridized carbons (Fsp3) is 0.467. The number of aromatic nitrogens is 3. The molecule has 2 heterocycles. The van der Waals surface area contributed by atoms with Gasteiger partial charge in [0.25, 0.3) is 0 Å². The second-order valence-corrected chi connectivity index (χ2v) is 5.32. The first-order valence-corrected chi connectivity index (χ1v) is 7.08. The first-order chi connectivity index (χ1) is 9.75. The van der Waals surface area contributed by atoms with Crippen LogP contribution in [-0.4, -0.2) is 26.4 Å². The number of nitrogens with zero attached hydrogens (tertiary/aromatic N) is 3. The number of nitrogens with one attached hydrogen (secondary N) is 1. The molecule has 1 aliphatic carbocycles. The first-order valence-electron chi connectivity index (χ1n) is 7.08. The molecule has 3 rings (SSSR count). The highest BCUT2D eigenvalue weighted by Crippen LogP contribution is 2.29. The predicted octanol–water partition coefficient (Wildman–Crippen LogP) is 1.52. The second kappa shape index (κ2) is 5.73. The first kappa shape index (κ1) is 13.3. The van der Waals surface area contributed by atoms with Crippen molar-refractivity contribution in [1.82, 2.24) is 20.1 Å². The molecule has 1 aliphatic rings. The molecule has 0 aromatic carbocycles. The van der Waals surface area contributed by atoms with E-state index in [0.29, 0.717) is 12.6 Å². The lowest BCUT2D eigenvalue weighted by Crippen LogP contribution is -2.29. The summed E-state index contributed by atoms with van der Waals surface area (Å²) in [5, 5.41) is 18.0. The number of aliphatic hydroxyl groups excluding tert-OH is 1. The molecular weight excluding hydrogens is 252 g/mol. The molecule has 2 atom stereocenters. The summed E-state index contributed by atoms with van der Waals surface area (Å²) in [7, 11) is 1.99. The van der Waals surface area contributed by atoms with E-state index in [-0.39, 0.29) is 0 Å². The van der Waals surface area contributed by atoms with Gasteiger partial charge in [-0.2, -0.15) is 5.10 Å². The lowest BCUT2D eigenvalue weighted by Gasteiger charge is -2.25. The number of aliphatic hydroxyl groups is 1. The van der Waals surface area contributed by atoms with E-state index < -0.39 is 6.10 Å². The van der Waals surface area contributed by atoms with Gasteiger partial charge in [-0.3, -0.25) is 9.67 Å². The minimum absolute atomic E-state index is 0.295. The number of hydrogen-bond donors (Lipinski definition) is 2. The fourth-order valence-corrected chi connectivity index (χ4v) is 2.88. The van der Waals surface area contributed by atoms with Gasteiger partial charge in [0.2, 0.25) is 0 Å². The van der Waals surface area contributed by atoms with E-state index in [2.05, 4.69) is 15.4 Å². The van der Waals surface area contributed by atoms with Crippen molar-refractivity contribution in [3.05, 3.63) is 47.5 Å². The number of fused-ring (bicyclic) bond motifs is 1. The van der Waals surface area contributed by atoms with Crippen LogP contribution in [0.15, 0.2) is 30.7 Å². The van der Waals surface area contributed by atoms with Gasteiger partial charge < -0.3 is 10.4 Å². The largest absolute Gasteiger partial charge is 0.387 e. The molecule has 5 heteroatoms. The molecule has 2 aromatic rings. The van der Waals surface area contributed by atoms with E-state index in [1.807, 2.05) is 30.1 Å². The van der Waals surface area contributed by atoms with Crippen molar-refractivity contribution in [2.24, 2.45) is 7.05 Å². The van der Waals surface area contributed by atoms with Crippen molar-refractivity contribution in [3.63, 3.8) is 0 Å². The summed E-state index contributed by atoms with van der Waals surface area (Å²) in [6, 6.07) is 4.00. The molecule has 0 spiro atoms. The Hall–Kier alpha value is -1.72. The summed E-state index contributed by atoms with van der Waals surface area (Å²) < 4.78 is 1.96. The molecule has 5 nitrogen and oxygen atoms in total. The number of rotatable bonds is 4. The van der Waals surface area contributed by atoms with E-state index in [4.69, 9.17) is 0 Å². The monoisotopic (exact) mass is 272 g/mol. The van der Waals surface area contributed by atoms with Gasteiger partial charge in [0.1, 0.15) is 0 Å². The Morgan fingerprint density at radius 1 is 1.45 bits per heavy atom. The van der Waals surface area contributed by atoms with Crippen LogP contribution in [0, 0.1) is 0 Å². The Balaban J connectivity index is 1.65. The number of aryl methyl sites for hydroxylation is 1. The van der Waals surface area contributed by atoms with Crippen molar-refractivity contribution in [1.29, 1.82) is 0 Å². The van der Waals surface area contributed by atoms with Crippen LogP contribution in [0.1, 0.15) is 41.8 Å². The second-order valence-electron chi connectivity index (χ2n) is 5.32. The topological polar surface area (TPSA) is 63.0 Å². The Morgan fingerprint density at radius 2 is 2.25 bits per heavy atom. The molecule has 2 aromatic heterocycles. The zero-order valence-electron chi connectivity index (χ0n) is 11.7. The Kier molecular flexibility index (Phi) is 3.80. The van der Waals surface area contributed by atoms with Crippen molar-refractivity contribution < 1.29 is 5.11 Å². The van der Waals surface area contributed by atoms with Gasteiger partial charge in [0, 0.05) is 43.3 Å². The van der Waals surface area contributed by atoms with Gasteiger partial charge >= 0.3 is 0 Å². The molecule has 0 aliphatic heterocycles. The summed E-state index contributed by atoms with van der Waals surface area (Å²) in [4.78, 5) is 3.97. The average molecular weight is 272 g/mol. The molecule has 0 amide bonds. The maximum absolute atomic E-state index is 10.2. The summed E-state index contributed by atoms with van der Waals surface area (Å²) in [6.45, 7) is 0.545. The summed E-state index contributed by atoms with van der Waals surface area (Å²) in [6.07, 6.45) is 8.22. The third-order valence-corrected chi connectivity index (χ3v) is 4.02. The lowest BCUT2D eigenvalue weighted by molar-refractivity contribution is 0.168. The Bertz CT molecular complexity index is 567. The average Bonchev–Trinajstić information content (AvgIpc) is 2.88. The van der Waals surface area contributed by atoms with Crippen LogP contribution in [0.25, 0.3) is 0 Å². The highest BCUT2D eigenvalue weighted by Gasteiger charge is 2.23. The highest BCUT2D eigenvalue weighted by atomic mass is 16.3. The van der Waals surface area contributed by atoms with Crippen LogP contribution < -0.4 is 5.32 Å². The highest BCUT2D eigenvalue weighted by molar-refractivity contribution is 5.25. The molecule has 106 valence electrons. The molecule has 2 unspecified atom stereocenters. The van der Waals surface area contributed by atoms with Crippen molar-refractivity contribution in [2.45, 2.75) is 31.4 Å². The SMILES string of the molecule is Cn1ncc2c1CCCC2NCC(O)c1ccncc1. The van der Waals surface area contributed by atoms with Gasteiger partial charge in [-0.15, -0.1) is 0 Å². The molecule has 2 N–H and O–H groups in total. The lowest BCUT2D eigenvalue weighted by atomic mass is 9.93. The summed E-state index contributed by atoms with van der Waals surface area (Å²) in [5.41, 5.74) is 3.49. The van der Waals surface area contributed by atoms with Gasteiger partial charge in [0.05, 0.1) is 12.3 Å². The van der Waals surface area contributed by atoms with E-state index in [9.17, 15) is 5.11 Å². The predicted molar refractivity (Wildman–Crippen MR) is 76.1 cm³/mol. The van der Waals surface area contributed by atoms with Crippen molar-refractivity contribution >= 4 is 0 Å². The van der Waals surface area contributed by atoms with Crippen LogP contribution in [-0.2, 0) is 13.5 Å². The molecule has 0 radical (unpaired) electrons. The minimum Gasteiger partial charge on any atom is -0.387 e. The van der Waals surface area contributed by atoms with Crippen LogP contribution >= 0.6 is 0 Å². The maximum Gasteiger partial charge on any atom is 0.0915 e. The third-order valence-electron chi connectivity index (χ3n) is 4.02. The number of hydrogen-bond acceptors (Lipinski definition) is 4. The van der Waals surface area contributed by atoms with E-state index >= 15 is 0 Å². The molecule has 0 bridgehead atoms. The van der Waals surface area contributed by atoms with E-state index in [1.165, 1.54) is 11.3 Å². The van der Waals surface area contributed by atoms with Crippen LogP contribution in [0.2, 0.25) is 0 Å². The van der Waals surface area contributed by atoms with Crippen LogP contribution in [0.4, 0.5) is 0 Å².